The zero-order chi connectivity index (χ0) is 9.31. The Kier molecular flexibility index (Phi) is 2.61. The Hall–Kier alpha value is -0.0800. The third-order valence-electron chi connectivity index (χ3n) is 3.88. The molecule has 1 heterocycles. The largest absolute Gasteiger partial charge is 0.394 e. The highest BCUT2D eigenvalue weighted by atomic mass is 16.5. The van der Waals surface area contributed by atoms with Crippen molar-refractivity contribution in [2.75, 3.05) is 6.61 Å². The van der Waals surface area contributed by atoms with Gasteiger partial charge in [-0.05, 0) is 31.6 Å². The molecule has 1 spiro atoms. The molecule has 0 aromatic rings. The van der Waals surface area contributed by atoms with Crippen molar-refractivity contribution in [2.24, 2.45) is 5.92 Å². The van der Waals surface area contributed by atoms with E-state index in [1.807, 2.05) is 0 Å². The van der Waals surface area contributed by atoms with Crippen molar-refractivity contribution in [1.29, 1.82) is 0 Å². The Morgan fingerprint density at radius 3 is 2.77 bits per heavy atom. The van der Waals surface area contributed by atoms with Crippen molar-refractivity contribution in [1.82, 2.24) is 0 Å². The van der Waals surface area contributed by atoms with Crippen molar-refractivity contribution < 1.29 is 9.84 Å². The SMILES string of the molecule is CC1CCCCC12CCC(CO)O2. The summed E-state index contributed by atoms with van der Waals surface area (Å²) in [6.07, 6.45) is 7.53. The van der Waals surface area contributed by atoms with Crippen molar-refractivity contribution >= 4 is 0 Å². The average molecular weight is 184 g/mol. The smallest absolute Gasteiger partial charge is 0.0814 e. The molecule has 0 bridgehead atoms. The van der Waals surface area contributed by atoms with Gasteiger partial charge < -0.3 is 9.84 Å². The Labute approximate surface area is 80.3 Å². The third-order valence-corrected chi connectivity index (χ3v) is 3.88. The van der Waals surface area contributed by atoms with Crippen LogP contribution in [0.25, 0.3) is 0 Å². The van der Waals surface area contributed by atoms with Crippen LogP contribution in [0, 0.1) is 5.92 Å². The minimum atomic E-state index is 0.126. The first-order valence-corrected chi connectivity index (χ1v) is 5.55. The molecule has 1 saturated carbocycles. The fourth-order valence-electron chi connectivity index (χ4n) is 2.91. The lowest BCUT2D eigenvalue weighted by molar-refractivity contribution is -0.106. The zero-order valence-electron chi connectivity index (χ0n) is 8.46. The number of rotatable bonds is 1. The number of hydrogen-bond acceptors (Lipinski definition) is 2. The van der Waals surface area contributed by atoms with Crippen molar-refractivity contribution in [3.05, 3.63) is 0 Å². The van der Waals surface area contributed by atoms with E-state index in [4.69, 9.17) is 9.84 Å². The van der Waals surface area contributed by atoms with E-state index in [2.05, 4.69) is 6.92 Å². The molecule has 76 valence electrons. The van der Waals surface area contributed by atoms with Gasteiger partial charge in [0.05, 0.1) is 18.3 Å². The number of hydrogen-bond donors (Lipinski definition) is 1. The van der Waals surface area contributed by atoms with E-state index in [9.17, 15) is 0 Å². The molecule has 2 rings (SSSR count). The van der Waals surface area contributed by atoms with Crippen LogP contribution in [0.15, 0.2) is 0 Å². The molecule has 3 unspecified atom stereocenters. The van der Waals surface area contributed by atoms with Crippen LogP contribution in [0.2, 0.25) is 0 Å². The highest BCUT2D eigenvalue weighted by molar-refractivity contribution is 4.95. The quantitative estimate of drug-likeness (QED) is 0.676. The maximum atomic E-state index is 9.04. The van der Waals surface area contributed by atoms with Gasteiger partial charge in [-0.1, -0.05) is 19.8 Å². The van der Waals surface area contributed by atoms with Gasteiger partial charge in [-0.3, -0.25) is 0 Å². The summed E-state index contributed by atoms with van der Waals surface area (Å²) in [7, 11) is 0. The normalized spacial score (nSPS) is 45.7. The molecule has 2 aliphatic rings. The summed E-state index contributed by atoms with van der Waals surface area (Å²) in [5.74, 6) is 0.692. The Balaban J connectivity index is 2.03. The first-order valence-electron chi connectivity index (χ1n) is 5.55. The van der Waals surface area contributed by atoms with Crippen LogP contribution in [0.5, 0.6) is 0 Å². The van der Waals surface area contributed by atoms with Crippen LogP contribution in [0.4, 0.5) is 0 Å². The first-order chi connectivity index (χ1) is 6.27. The standard InChI is InChI=1S/C11H20O2/c1-9-4-2-3-6-11(9)7-5-10(8-12)13-11/h9-10,12H,2-8H2,1H3. The highest BCUT2D eigenvalue weighted by Crippen LogP contribution is 2.45. The van der Waals surface area contributed by atoms with E-state index in [0.717, 1.165) is 6.42 Å². The minimum Gasteiger partial charge on any atom is -0.394 e. The highest BCUT2D eigenvalue weighted by Gasteiger charge is 2.44. The van der Waals surface area contributed by atoms with Gasteiger partial charge in [0.2, 0.25) is 0 Å². The van der Waals surface area contributed by atoms with Crippen LogP contribution < -0.4 is 0 Å². The first kappa shape index (κ1) is 9.47. The maximum Gasteiger partial charge on any atom is 0.0814 e. The van der Waals surface area contributed by atoms with Gasteiger partial charge in [0.25, 0.3) is 0 Å². The molecule has 1 aliphatic carbocycles. The summed E-state index contributed by atoms with van der Waals surface area (Å²) in [4.78, 5) is 0. The second-order valence-electron chi connectivity index (χ2n) is 4.67. The minimum absolute atomic E-state index is 0.126. The molecule has 0 amide bonds. The van der Waals surface area contributed by atoms with Gasteiger partial charge in [0.15, 0.2) is 0 Å². The summed E-state index contributed by atoms with van der Waals surface area (Å²) in [6, 6.07) is 0. The van der Waals surface area contributed by atoms with Crippen molar-refractivity contribution in [3.63, 3.8) is 0 Å². The second-order valence-corrected chi connectivity index (χ2v) is 4.67. The van der Waals surface area contributed by atoms with Gasteiger partial charge in [0.1, 0.15) is 0 Å². The molecule has 1 saturated heterocycles. The topological polar surface area (TPSA) is 29.5 Å². The fourth-order valence-corrected chi connectivity index (χ4v) is 2.91. The number of ether oxygens (including phenoxy) is 1. The summed E-state index contributed by atoms with van der Waals surface area (Å²) in [6.45, 7) is 2.51. The van der Waals surface area contributed by atoms with E-state index in [1.54, 1.807) is 0 Å². The van der Waals surface area contributed by atoms with E-state index in [-0.39, 0.29) is 18.3 Å². The fraction of sp³-hybridized carbons (Fsp3) is 1.00. The molecular weight excluding hydrogens is 164 g/mol. The van der Waals surface area contributed by atoms with E-state index in [0.29, 0.717) is 5.92 Å². The van der Waals surface area contributed by atoms with Crippen LogP contribution in [-0.2, 0) is 4.74 Å². The van der Waals surface area contributed by atoms with Crippen LogP contribution >= 0.6 is 0 Å². The molecule has 3 atom stereocenters. The molecule has 2 heteroatoms. The molecule has 1 N–H and O–H groups in total. The monoisotopic (exact) mass is 184 g/mol. The average Bonchev–Trinajstić information content (AvgIpc) is 2.56. The number of aliphatic hydroxyl groups is 1. The van der Waals surface area contributed by atoms with Crippen molar-refractivity contribution in [3.8, 4) is 0 Å². The van der Waals surface area contributed by atoms with Gasteiger partial charge >= 0.3 is 0 Å². The lowest BCUT2D eigenvalue weighted by Gasteiger charge is -2.39. The molecular formula is C11H20O2. The van der Waals surface area contributed by atoms with E-state index in [1.165, 1.54) is 32.1 Å². The Bertz CT molecular complexity index is 181. The Morgan fingerprint density at radius 1 is 1.31 bits per heavy atom. The summed E-state index contributed by atoms with van der Waals surface area (Å²) < 4.78 is 6.00. The van der Waals surface area contributed by atoms with E-state index >= 15 is 0 Å². The summed E-state index contributed by atoms with van der Waals surface area (Å²) in [5, 5.41) is 9.04. The van der Waals surface area contributed by atoms with E-state index < -0.39 is 0 Å². The molecule has 2 fully saturated rings. The van der Waals surface area contributed by atoms with Gasteiger partial charge in [0, 0.05) is 0 Å². The lowest BCUT2D eigenvalue weighted by atomic mass is 9.75. The van der Waals surface area contributed by atoms with Crippen LogP contribution in [0.3, 0.4) is 0 Å². The molecule has 2 nitrogen and oxygen atoms in total. The van der Waals surface area contributed by atoms with Gasteiger partial charge in [-0.15, -0.1) is 0 Å². The van der Waals surface area contributed by atoms with Gasteiger partial charge in [-0.2, -0.15) is 0 Å². The van der Waals surface area contributed by atoms with Crippen LogP contribution in [-0.4, -0.2) is 23.4 Å². The molecule has 13 heavy (non-hydrogen) atoms. The summed E-state index contributed by atoms with van der Waals surface area (Å²) >= 11 is 0. The molecule has 0 radical (unpaired) electrons. The molecule has 1 aliphatic heterocycles. The lowest BCUT2D eigenvalue weighted by Crippen LogP contribution is -2.39. The maximum absolute atomic E-state index is 9.04. The number of aliphatic hydroxyl groups excluding tert-OH is 1. The molecule has 0 aromatic heterocycles. The second kappa shape index (κ2) is 3.58. The molecule has 0 aromatic carbocycles. The van der Waals surface area contributed by atoms with Crippen molar-refractivity contribution in [2.45, 2.75) is 57.2 Å². The Morgan fingerprint density at radius 2 is 2.15 bits per heavy atom. The summed E-state index contributed by atoms with van der Waals surface area (Å²) in [5.41, 5.74) is 0.144. The predicted molar refractivity (Wildman–Crippen MR) is 51.6 cm³/mol. The third kappa shape index (κ3) is 1.62. The predicted octanol–water partition coefficient (Wildman–Crippen LogP) is 2.11. The van der Waals surface area contributed by atoms with Crippen LogP contribution in [0.1, 0.15) is 45.4 Å². The zero-order valence-corrected chi connectivity index (χ0v) is 8.46. The van der Waals surface area contributed by atoms with Gasteiger partial charge in [-0.25, -0.2) is 0 Å².